The highest BCUT2D eigenvalue weighted by molar-refractivity contribution is 6.06. The molecule has 0 saturated carbocycles. The fraction of sp³-hybridized carbons (Fsp3) is 0.367. The molecule has 5 rings (SSSR count). The van der Waals surface area contributed by atoms with Crippen molar-refractivity contribution in [1.29, 1.82) is 0 Å². The van der Waals surface area contributed by atoms with Crippen LogP contribution in [0.15, 0.2) is 76.7 Å². The van der Waals surface area contributed by atoms with E-state index in [9.17, 15) is 9.59 Å². The molecule has 1 aromatic heterocycles. The molecule has 1 atom stereocenters. The van der Waals surface area contributed by atoms with E-state index in [1.807, 2.05) is 11.1 Å². The van der Waals surface area contributed by atoms with E-state index in [1.165, 1.54) is 0 Å². The number of aldehydes is 1. The van der Waals surface area contributed by atoms with Crippen molar-refractivity contribution in [2.45, 2.75) is 12.8 Å². The lowest BCUT2D eigenvalue weighted by Crippen LogP contribution is -2.44. The van der Waals surface area contributed by atoms with Crippen molar-refractivity contribution in [1.82, 2.24) is 19.7 Å². The van der Waals surface area contributed by atoms with Gasteiger partial charge < -0.3 is 30.4 Å². The lowest BCUT2D eigenvalue weighted by molar-refractivity contribution is -0.112. The number of pyridine rings is 1. The van der Waals surface area contributed by atoms with Crippen LogP contribution in [0.2, 0.25) is 0 Å². The Bertz CT molecular complexity index is 1270. The van der Waals surface area contributed by atoms with Crippen LogP contribution >= 0.6 is 0 Å². The molecule has 4 heterocycles. The lowest BCUT2D eigenvalue weighted by Gasteiger charge is -2.36. The number of amidine groups is 1. The number of piperidine rings is 1. The predicted octanol–water partition coefficient (Wildman–Crippen LogP) is 2.66. The zero-order valence-electron chi connectivity index (χ0n) is 23.5. The van der Waals surface area contributed by atoms with Gasteiger partial charge in [0.2, 0.25) is 0 Å². The number of ether oxygens (including phenoxy) is 1. The summed E-state index contributed by atoms with van der Waals surface area (Å²) in [6.45, 7) is 9.92. The predicted molar refractivity (Wildman–Crippen MR) is 161 cm³/mol. The van der Waals surface area contributed by atoms with E-state index < -0.39 is 0 Å². The van der Waals surface area contributed by atoms with E-state index in [0.29, 0.717) is 41.8 Å². The number of anilines is 1. The number of nitrogens with zero attached hydrogens (tertiary/aromatic N) is 6. The number of carbonyl (C=O) groups is 2. The van der Waals surface area contributed by atoms with Crippen LogP contribution in [0.25, 0.3) is 5.70 Å². The van der Waals surface area contributed by atoms with Crippen LogP contribution in [0.1, 0.15) is 28.8 Å². The third kappa shape index (κ3) is 8.40. The van der Waals surface area contributed by atoms with Gasteiger partial charge in [-0.2, -0.15) is 0 Å². The first-order chi connectivity index (χ1) is 20.0. The molecule has 2 aromatic rings. The maximum atomic E-state index is 12.6. The molecule has 11 nitrogen and oxygen atoms in total. The van der Waals surface area contributed by atoms with Crippen molar-refractivity contribution < 1.29 is 14.3 Å². The van der Waals surface area contributed by atoms with E-state index in [0.717, 1.165) is 57.5 Å². The quantitative estimate of drug-likeness (QED) is 0.392. The smallest absolute Gasteiger partial charge is 0.256 e. The molecule has 1 unspecified atom stereocenters. The minimum atomic E-state index is -0.260. The Hall–Kier alpha value is -4.19. The molecule has 0 radical (unpaired) electrons. The van der Waals surface area contributed by atoms with Gasteiger partial charge in [-0.05, 0) is 57.4 Å². The van der Waals surface area contributed by atoms with Crippen molar-refractivity contribution >= 4 is 36.3 Å². The van der Waals surface area contributed by atoms with E-state index in [4.69, 9.17) is 10.5 Å². The number of nitrogens with one attached hydrogen (secondary N) is 1. The standard InChI is InChI=1S/C25H27N7O2.C5H11NO/c1-27-22(19-7-9-20(10-8-19)25(34)30-21-6-2-3-11-28-21)23-24(26)29-12-14-32(23)17-31-13-4-5-18(15-31)16-33;1-6-2-4-7-5-3-6/h2-3,6-12,14,16,18H,1,4-5,13,15,17H2,(H2,26,29)(H,28,30,34);2-5H2,1H3/b23-22-;. The van der Waals surface area contributed by atoms with E-state index in [2.05, 4.69) is 43.9 Å². The van der Waals surface area contributed by atoms with Gasteiger partial charge in [-0.25, -0.2) is 9.98 Å². The Balaban J connectivity index is 0.000000483. The van der Waals surface area contributed by atoms with Crippen LogP contribution in [0.5, 0.6) is 0 Å². The molecule has 41 heavy (non-hydrogen) atoms. The number of hydrogen-bond acceptors (Lipinski definition) is 10. The summed E-state index contributed by atoms with van der Waals surface area (Å²) in [5, 5.41) is 2.77. The Morgan fingerprint density at radius 3 is 2.56 bits per heavy atom. The number of likely N-dealkylation sites (N-methyl/N-ethyl adjacent to an activating group) is 1. The Kier molecular flexibility index (Phi) is 10.9. The molecular weight excluding hydrogens is 520 g/mol. The van der Waals surface area contributed by atoms with Crippen molar-refractivity contribution in [3.05, 3.63) is 77.9 Å². The van der Waals surface area contributed by atoms with Crippen molar-refractivity contribution in [3.8, 4) is 0 Å². The van der Waals surface area contributed by atoms with Gasteiger partial charge in [0.1, 0.15) is 23.6 Å². The summed E-state index contributed by atoms with van der Waals surface area (Å²) in [7, 11) is 2.11. The number of carbonyl (C=O) groups excluding carboxylic acids is 2. The van der Waals surface area contributed by atoms with Gasteiger partial charge in [0, 0.05) is 55.3 Å². The van der Waals surface area contributed by atoms with E-state index >= 15 is 0 Å². The summed E-state index contributed by atoms with van der Waals surface area (Å²) in [4.78, 5) is 42.9. The van der Waals surface area contributed by atoms with Gasteiger partial charge in [-0.15, -0.1) is 0 Å². The van der Waals surface area contributed by atoms with Crippen LogP contribution in [-0.4, -0.2) is 97.5 Å². The minimum absolute atomic E-state index is 0.0442. The molecule has 3 aliphatic rings. The van der Waals surface area contributed by atoms with Gasteiger partial charge in [0.15, 0.2) is 0 Å². The van der Waals surface area contributed by atoms with Crippen LogP contribution < -0.4 is 11.1 Å². The molecule has 2 saturated heterocycles. The second kappa shape index (κ2) is 15.0. The number of nitrogens with two attached hydrogens (primary N) is 1. The van der Waals surface area contributed by atoms with Crippen molar-refractivity contribution in [3.63, 3.8) is 0 Å². The molecule has 216 valence electrons. The summed E-state index contributed by atoms with van der Waals surface area (Å²) in [6, 6.07) is 12.4. The maximum absolute atomic E-state index is 12.6. The average Bonchev–Trinajstić information content (AvgIpc) is 3.00. The molecule has 1 aromatic carbocycles. The fourth-order valence-corrected chi connectivity index (χ4v) is 4.76. The van der Waals surface area contributed by atoms with Crippen LogP contribution in [-0.2, 0) is 9.53 Å². The number of amides is 1. The Labute approximate surface area is 241 Å². The van der Waals surface area contributed by atoms with Crippen LogP contribution in [0, 0.1) is 5.92 Å². The molecule has 11 heteroatoms. The van der Waals surface area contributed by atoms with Crippen molar-refractivity contribution in [2.75, 3.05) is 58.4 Å². The van der Waals surface area contributed by atoms with E-state index in [-0.39, 0.29) is 11.8 Å². The number of morpholine rings is 1. The Morgan fingerprint density at radius 1 is 1.17 bits per heavy atom. The number of benzene rings is 1. The van der Waals surface area contributed by atoms with Gasteiger partial charge >= 0.3 is 0 Å². The summed E-state index contributed by atoms with van der Waals surface area (Å²) < 4.78 is 5.10. The number of hydrogen-bond donors (Lipinski definition) is 2. The Morgan fingerprint density at radius 2 is 1.93 bits per heavy atom. The fourth-order valence-electron chi connectivity index (χ4n) is 4.76. The highest BCUT2D eigenvalue weighted by Crippen LogP contribution is 2.27. The van der Waals surface area contributed by atoms with Crippen molar-refractivity contribution in [2.24, 2.45) is 21.6 Å². The largest absolute Gasteiger partial charge is 0.382 e. The van der Waals surface area contributed by atoms with Gasteiger partial charge in [-0.3, -0.25) is 14.7 Å². The third-order valence-corrected chi connectivity index (χ3v) is 7.02. The summed E-state index contributed by atoms with van der Waals surface area (Å²) >= 11 is 0. The monoisotopic (exact) mass is 558 g/mol. The van der Waals surface area contributed by atoms with Gasteiger partial charge in [0.25, 0.3) is 5.91 Å². The molecule has 3 N–H and O–H groups in total. The molecule has 0 bridgehead atoms. The maximum Gasteiger partial charge on any atom is 0.256 e. The van der Waals surface area contributed by atoms with Gasteiger partial charge in [-0.1, -0.05) is 18.2 Å². The number of rotatable bonds is 7. The molecule has 2 fully saturated rings. The molecular formula is C30H38N8O3. The molecule has 1 amide bonds. The van der Waals surface area contributed by atoms with Gasteiger partial charge in [0.05, 0.1) is 25.6 Å². The summed E-state index contributed by atoms with van der Waals surface area (Å²) in [5.74, 6) is 0.591. The highest BCUT2D eigenvalue weighted by atomic mass is 16.5. The second-order valence-electron chi connectivity index (χ2n) is 10.1. The molecule has 0 spiro atoms. The normalized spacial score (nSPS) is 20.8. The van der Waals surface area contributed by atoms with E-state index in [1.54, 1.807) is 54.9 Å². The number of aromatic nitrogens is 1. The first kappa shape index (κ1) is 29.8. The second-order valence-corrected chi connectivity index (χ2v) is 10.1. The minimum Gasteiger partial charge on any atom is -0.382 e. The van der Waals surface area contributed by atoms with Crippen LogP contribution in [0.3, 0.4) is 0 Å². The lowest BCUT2D eigenvalue weighted by atomic mass is 10.00. The SMILES string of the molecule is C=N/C(=C1/C(N)=NC=CN1CN1CCCC(C=O)C1)c1ccc(C(=O)Nc2ccccn2)cc1.CN1CCOCC1. The topological polar surface area (TPSA) is 129 Å². The molecule has 3 aliphatic heterocycles. The first-order valence-electron chi connectivity index (χ1n) is 13.7. The third-order valence-electron chi connectivity index (χ3n) is 7.02. The first-order valence-corrected chi connectivity index (χ1v) is 13.7. The summed E-state index contributed by atoms with van der Waals surface area (Å²) in [5.41, 5.74) is 8.70. The zero-order chi connectivity index (χ0) is 29.0. The highest BCUT2D eigenvalue weighted by Gasteiger charge is 2.25. The average molecular weight is 559 g/mol. The zero-order valence-corrected chi connectivity index (χ0v) is 23.5. The number of aliphatic imine (C=N–C) groups is 2. The van der Waals surface area contributed by atoms with Crippen LogP contribution in [0.4, 0.5) is 5.82 Å². The summed E-state index contributed by atoms with van der Waals surface area (Å²) in [6.07, 6.45) is 8.03. The molecule has 0 aliphatic carbocycles. The number of likely N-dealkylation sites (tertiary alicyclic amines) is 1.